The van der Waals surface area contributed by atoms with E-state index in [1.807, 2.05) is 0 Å². The predicted octanol–water partition coefficient (Wildman–Crippen LogP) is 3.72. The van der Waals surface area contributed by atoms with Crippen molar-refractivity contribution < 1.29 is 17.1 Å². The Morgan fingerprint density at radius 2 is 1.88 bits per heavy atom. The lowest BCUT2D eigenvalue weighted by Crippen LogP contribution is -2.46. The SMILES string of the molecule is Cl.[2H]C([2H])([2H])C(NC(C)C(=O)c1ccc(Cl)cc1)(C([2H])([2H])[2H])C([2H])([2H])[2H]. The van der Waals surface area contributed by atoms with Gasteiger partial charge < -0.3 is 5.32 Å². The van der Waals surface area contributed by atoms with Gasteiger partial charge in [-0.05, 0) is 51.7 Å². The zero-order valence-electron chi connectivity index (χ0n) is 18.1. The largest absolute Gasteiger partial charge is 0.303 e. The molecule has 1 aromatic carbocycles. The molecule has 0 bridgehead atoms. The summed E-state index contributed by atoms with van der Waals surface area (Å²) in [6, 6.07) is 4.26. The number of rotatable bonds is 3. The van der Waals surface area contributed by atoms with Gasteiger partial charge in [0.25, 0.3) is 0 Å². The highest BCUT2D eigenvalue weighted by atomic mass is 35.5. The predicted molar refractivity (Wildman–Crippen MR) is 75.4 cm³/mol. The van der Waals surface area contributed by atoms with Crippen molar-refractivity contribution in [3.05, 3.63) is 34.9 Å². The van der Waals surface area contributed by atoms with Crippen LogP contribution in [0.3, 0.4) is 0 Å². The second kappa shape index (κ2) is 6.39. The van der Waals surface area contributed by atoms with Gasteiger partial charge in [-0.15, -0.1) is 12.4 Å². The van der Waals surface area contributed by atoms with Gasteiger partial charge in [0.2, 0.25) is 0 Å². The molecule has 1 aromatic rings. The van der Waals surface area contributed by atoms with E-state index in [4.69, 9.17) is 23.9 Å². The molecule has 0 radical (unpaired) electrons. The second-order valence-electron chi connectivity index (χ2n) is 3.49. The summed E-state index contributed by atoms with van der Waals surface area (Å²) in [4.78, 5) is 12.5. The van der Waals surface area contributed by atoms with Crippen LogP contribution >= 0.6 is 24.0 Å². The minimum Gasteiger partial charge on any atom is -0.303 e. The zero-order chi connectivity index (χ0) is 19.8. The Morgan fingerprint density at radius 1 is 1.35 bits per heavy atom. The maximum atomic E-state index is 12.5. The maximum Gasteiger partial charge on any atom is 0.179 e. The van der Waals surface area contributed by atoms with Crippen molar-refractivity contribution in [2.24, 2.45) is 0 Å². The number of carbonyl (C=O) groups excluding carboxylic acids is 1. The van der Waals surface area contributed by atoms with E-state index in [-0.39, 0.29) is 18.0 Å². The topological polar surface area (TPSA) is 29.1 Å². The van der Waals surface area contributed by atoms with E-state index in [0.717, 1.165) is 0 Å². The molecular weight excluding hydrogens is 257 g/mol. The lowest BCUT2D eigenvalue weighted by Gasteiger charge is -2.25. The van der Waals surface area contributed by atoms with Crippen LogP contribution < -0.4 is 5.32 Å². The van der Waals surface area contributed by atoms with Gasteiger partial charge in [-0.3, -0.25) is 4.79 Å². The van der Waals surface area contributed by atoms with Crippen molar-refractivity contribution in [3.8, 4) is 0 Å². The normalized spacial score (nSPS) is 22.8. The Bertz CT molecular complexity index is 586. The van der Waals surface area contributed by atoms with Crippen LogP contribution in [-0.2, 0) is 0 Å². The molecule has 0 saturated heterocycles. The first-order chi connectivity index (χ1) is 11.0. The van der Waals surface area contributed by atoms with Gasteiger partial charge in [-0.2, -0.15) is 0 Å². The van der Waals surface area contributed by atoms with Crippen LogP contribution in [-0.4, -0.2) is 17.4 Å². The Hall–Kier alpha value is -0.570. The highest BCUT2D eigenvalue weighted by Gasteiger charge is 2.20. The van der Waals surface area contributed by atoms with Crippen LogP contribution in [0.5, 0.6) is 0 Å². The molecular formula is C13H19Cl2NO. The van der Waals surface area contributed by atoms with E-state index >= 15 is 0 Å². The minimum atomic E-state index is -3.42. The van der Waals surface area contributed by atoms with E-state index in [9.17, 15) is 4.79 Å². The third kappa shape index (κ3) is 5.53. The number of hydrogen-bond acceptors (Lipinski definition) is 2. The van der Waals surface area contributed by atoms with Gasteiger partial charge in [0.1, 0.15) is 0 Å². The summed E-state index contributed by atoms with van der Waals surface area (Å²) in [5, 5.41) is 2.47. The summed E-state index contributed by atoms with van der Waals surface area (Å²) in [6.07, 6.45) is 0. The molecule has 0 aliphatic carbocycles. The van der Waals surface area contributed by atoms with Gasteiger partial charge in [0.15, 0.2) is 5.78 Å². The number of ketones is 1. The van der Waals surface area contributed by atoms with Crippen molar-refractivity contribution in [3.63, 3.8) is 0 Å². The number of carbonyl (C=O) groups is 1. The molecule has 2 nitrogen and oxygen atoms in total. The molecule has 0 spiro atoms. The van der Waals surface area contributed by atoms with Crippen molar-refractivity contribution in [1.29, 1.82) is 0 Å². The lowest BCUT2D eigenvalue weighted by atomic mass is 10.0. The Balaban J connectivity index is 0.00000625. The van der Waals surface area contributed by atoms with Gasteiger partial charge in [-0.25, -0.2) is 0 Å². The smallest absolute Gasteiger partial charge is 0.179 e. The zero-order valence-corrected chi connectivity index (χ0v) is 10.7. The molecule has 1 unspecified atom stereocenters. The fourth-order valence-corrected chi connectivity index (χ4v) is 1.38. The quantitative estimate of drug-likeness (QED) is 0.858. The van der Waals surface area contributed by atoms with Crippen molar-refractivity contribution >= 4 is 29.8 Å². The van der Waals surface area contributed by atoms with Gasteiger partial charge in [0.05, 0.1) is 6.04 Å². The first-order valence-corrected chi connectivity index (χ1v) is 5.00. The Kier molecular flexibility index (Phi) is 2.46. The molecule has 0 saturated carbocycles. The fourth-order valence-electron chi connectivity index (χ4n) is 1.25. The molecule has 0 fully saturated rings. The average Bonchev–Trinajstić information content (AvgIpc) is 2.40. The van der Waals surface area contributed by atoms with E-state index in [1.165, 1.54) is 31.2 Å². The standard InChI is InChI=1S/C13H18ClNO.ClH/c1-9(15-13(2,3)4)12(16)10-5-7-11(14)8-6-10;/h5-9,15H,1-4H3;1H/i2D3,3D3,4D3;. The number of nitrogens with one attached hydrogen (secondary N) is 1. The number of hydrogen-bond donors (Lipinski definition) is 1. The molecule has 0 aromatic heterocycles. The molecule has 0 heterocycles. The molecule has 0 aliphatic heterocycles. The summed E-state index contributed by atoms with van der Waals surface area (Å²) in [6.45, 7) is -9.04. The fraction of sp³-hybridized carbons (Fsp3) is 0.462. The van der Waals surface area contributed by atoms with Crippen LogP contribution in [0.2, 0.25) is 5.02 Å². The van der Waals surface area contributed by atoms with E-state index in [0.29, 0.717) is 5.02 Å². The minimum absolute atomic E-state index is 0. The van der Waals surface area contributed by atoms with Gasteiger partial charge in [-0.1, -0.05) is 11.6 Å². The molecule has 17 heavy (non-hydrogen) atoms. The first kappa shape index (κ1) is 6.55. The van der Waals surface area contributed by atoms with E-state index < -0.39 is 37.9 Å². The molecule has 4 heteroatoms. The van der Waals surface area contributed by atoms with Crippen LogP contribution in [0, 0.1) is 0 Å². The van der Waals surface area contributed by atoms with Crippen molar-refractivity contribution in [2.45, 2.75) is 39.1 Å². The highest BCUT2D eigenvalue weighted by molar-refractivity contribution is 6.30. The number of halogens is 2. The highest BCUT2D eigenvalue weighted by Crippen LogP contribution is 2.12. The summed E-state index contributed by atoms with van der Waals surface area (Å²) < 4.78 is 67.8. The maximum absolute atomic E-state index is 12.5. The molecule has 1 N–H and O–H groups in total. The van der Waals surface area contributed by atoms with E-state index in [1.54, 1.807) is 0 Å². The molecule has 0 amide bonds. The Morgan fingerprint density at radius 3 is 2.35 bits per heavy atom. The summed E-state index contributed by atoms with van der Waals surface area (Å²) in [7, 11) is 0. The van der Waals surface area contributed by atoms with Gasteiger partial charge in [0, 0.05) is 28.5 Å². The van der Waals surface area contributed by atoms with Crippen LogP contribution in [0.1, 0.15) is 50.2 Å². The van der Waals surface area contributed by atoms with Crippen LogP contribution in [0.15, 0.2) is 24.3 Å². The van der Waals surface area contributed by atoms with Crippen LogP contribution in [0.4, 0.5) is 0 Å². The Labute approximate surface area is 127 Å². The molecule has 1 atom stereocenters. The van der Waals surface area contributed by atoms with Crippen molar-refractivity contribution in [2.75, 3.05) is 0 Å². The number of Topliss-reactive ketones (excluding diaryl/α,β-unsaturated/α-hetero) is 1. The lowest BCUT2D eigenvalue weighted by molar-refractivity contribution is 0.0936. The average molecular weight is 285 g/mol. The third-order valence-electron chi connectivity index (χ3n) is 1.96. The first-order valence-electron chi connectivity index (χ1n) is 9.12. The molecule has 0 aliphatic rings. The third-order valence-corrected chi connectivity index (χ3v) is 2.21. The summed E-state index contributed by atoms with van der Waals surface area (Å²) in [5.74, 6) is -0.654. The number of benzene rings is 1. The van der Waals surface area contributed by atoms with Gasteiger partial charge >= 0.3 is 0 Å². The second-order valence-corrected chi connectivity index (χ2v) is 3.92. The summed E-state index contributed by atoms with van der Waals surface area (Å²) >= 11 is 5.73. The van der Waals surface area contributed by atoms with Crippen molar-refractivity contribution in [1.82, 2.24) is 5.32 Å². The van der Waals surface area contributed by atoms with E-state index in [2.05, 4.69) is 5.32 Å². The molecule has 96 valence electrons. The summed E-state index contributed by atoms with van der Waals surface area (Å²) in [5.41, 5.74) is -3.12. The monoisotopic (exact) mass is 284 g/mol. The van der Waals surface area contributed by atoms with Crippen LogP contribution in [0.25, 0.3) is 0 Å². The molecule has 1 rings (SSSR count).